The number of carbonyl (C=O) groups excluding carboxylic acids is 1. The summed E-state index contributed by atoms with van der Waals surface area (Å²) in [6.45, 7) is 0.675. The normalized spacial score (nSPS) is 10.3. The number of thiazole rings is 1. The molecule has 0 N–H and O–H groups in total. The van der Waals surface area contributed by atoms with Gasteiger partial charge in [-0.15, -0.1) is 11.3 Å². The minimum Gasteiger partial charge on any atom is -0.464 e. The molecular weight excluding hydrogens is 284 g/mol. The van der Waals surface area contributed by atoms with Gasteiger partial charge in [0.1, 0.15) is 0 Å². The smallest absolute Gasteiger partial charge is 0.357 e. The average molecular weight is 297 g/mol. The van der Waals surface area contributed by atoms with Gasteiger partial charge in [0.15, 0.2) is 10.8 Å². The molecule has 0 radical (unpaired) electrons. The Morgan fingerprint density at radius 2 is 2.32 bits per heavy atom. The highest BCUT2D eigenvalue weighted by Crippen LogP contribution is 2.22. The number of anilines is 1. The summed E-state index contributed by atoms with van der Waals surface area (Å²) < 4.78 is 4.63. The molecule has 0 saturated carbocycles. The van der Waals surface area contributed by atoms with Crippen molar-refractivity contribution >= 4 is 34.0 Å². The summed E-state index contributed by atoms with van der Waals surface area (Å²) in [5, 5.41) is 3.16. The molecule has 2 aromatic rings. The minimum absolute atomic E-state index is 0.334. The van der Waals surface area contributed by atoms with Crippen LogP contribution < -0.4 is 4.90 Å². The van der Waals surface area contributed by atoms with Crippen LogP contribution in [0.1, 0.15) is 16.1 Å². The van der Waals surface area contributed by atoms with Crippen LogP contribution in [0.5, 0.6) is 0 Å². The Hall–Kier alpha value is -1.59. The number of aromatic nitrogens is 1. The van der Waals surface area contributed by atoms with Crippen molar-refractivity contribution in [1.29, 1.82) is 0 Å². The fourth-order valence-electron chi connectivity index (χ4n) is 1.61. The monoisotopic (exact) mass is 296 g/mol. The first kappa shape index (κ1) is 13.8. The summed E-state index contributed by atoms with van der Waals surface area (Å²) in [6.07, 6.45) is 0. The van der Waals surface area contributed by atoms with Crippen molar-refractivity contribution in [3.05, 3.63) is 45.9 Å². The Morgan fingerprint density at radius 3 is 3.00 bits per heavy atom. The van der Waals surface area contributed by atoms with Gasteiger partial charge in [-0.2, -0.15) is 0 Å². The van der Waals surface area contributed by atoms with Crippen molar-refractivity contribution < 1.29 is 9.53 Å². The van der Waals surface area contributed by atoms with Crippen LogP contribution in [0.15, 0.2) is 29.6 Å². The SMILES string of the molecule is COC(=O)c1csc(N(C)Cc2cccc(Cl)c2)n1. The zero-order valence-corrected chi connectivity index (χ0v) is 12.2. The topological polar surface area (TPSA) is 42.4 Å². The summed E-state index contributed by atoms with van der Waals surface area (Å²) in [6, 6.07) is 7.65. The van der Waals surface area contributed by atoms with Crippen molar-refractivity contribution in [1.82, 2.24) is 4.98 Å². The van der Waals surface area contributed by atoms with Crippen LogP contribution in [0.25, 0.3) is 0 Å². The van der Waals surface area contributed by atoms with Crippen molar-refractivity contribution in [2.75, 3.05) is 19.1 Å². The number of methoxy groups -OCH3 is 1. The van der Waals surface area contributed by atoms with Crippen molar-refractivity contribution in [2.24, 2.45) is 0 Å². The number of carbonyl (C=O) groups is 1. The van der Waals surface area contributed by atoms with Gasteiger partial charge in [0.05, 0.1) is 7.11 Å². The van der Waals surface area contributed by atoms with Gasteiger partial charge in [-0.05, 0) is 17.7 Å². The molecule has 0 aliphatic carbocycles. The Kier molecular flexibility index (Phi) is 4.39. The van der Waals surface area contributed by atoms with E-state index in [9.17, 15) is 4.79 Å². The molecule has 0 amide bonds. The fourth-order valence-corrected chi connectivity index (χ4v) is 2.59. The van der Waals surface area contributed by atoms with Crippen LogP contribution in [-0.4, -0.2) is 25.1 Å². The molecule has 1 aromatic heterocycles. The van der Waals surface area contributed by atoms with E-state index in [0.29, 0.717) is 17.3 Å². The summed E-state index contributed by atoms with van der Waals surface area (Å²) in [5.41, 5.74) is 1.42. The summed E-state index contributed by atoms with van der Waals surface area (Å²) in [5.74, 6) is -0.418. The molecule has 19 heavy (non-hydrogen) atoms. The van der Waals surface area contributed by atoms with E-state index in [1.54, 1.807) is 5.38 Å². The number of benzene rings is 1. The van der Waals surface area contributed by atoms with E-state index >= 15 is 0 Å². The van der Waals surface area contributed by atoms with Gasteiger partial charge in [0.25, 0.3) is 0 Å². The average Bonchev–Trinajstić information content (AvgIpc) is 2.87. The van der Waals surface area contributed by atoms with E-state index in [2.05, 4.69) is 9.72 Å². The Labute approximate surface area is 120 Å². The lowest BCUT2D eigenvalue weighted by Crippen LogP contribution is -2.16. The Bertz CT molecular complexity index is 586. The van der Waals surface area contributed by atoms with E-state index < -0.39 is 5.97 Å². The second-order valence-corrected chi connectivity index (χ2v) is 5.27. The Balaban J connectivity index is 2.09. The quantitative estimate of drug-likeness (QED) is 0.813. The van der Waals surface area contributed by atoms with Gasteiger partial charge < -0.3 is 9.64 Å². The van der Waals surface area contributed by atoms with Gasteiger partial charge in [0.2, 0.25) is 0 Å². The molecule has 6 heteroatoms. The number of hydrogen-bond donors (Lipinski definition) is 0. The molecule has 2 rings (SSSR count). The third kappa shape index (κ3) is 3.45. The van der Waals surface area contributed by atoms with Crippen molar-refractivity contribution in [3.8, 4) is 0 Å². The van der Waals surface area contributed by atoms with Gasteiger partial charge in [0, 0.05) is 24.0 Å². The van der Waals surface area contributed by atoms with E-state index in [1.807, 2.05) is 36.2 Å². The van der Waals surface area contributed by atoms with Gasteiger partial charge >= 0.3 is 5.97 Å². The summed E-state index contributed by atoms with van der Waals surface area (Å²) in [4.78, 5) is 17.5. The van der Waals surface area contributed by atoms with Crippen molar-refractivity contribution in [2.45, 2.75) is 6.54 Å². The van der Waals surface area contributed by atoms with Gasteiger partial charge in [-0.1, -0.05) is 23.7 Å². The second-order valence-electron chi connectivity index (χ2n) is 3.99. The molecule has 0 saturated heterocycles. The third-order valence-electron chi connectivity index (χ3n) is 2.52. The first-order valence-electron chi connectivity index (χ1n) is 5.59. The van der Waals surface area contributed by atoms with Gasteiger partial charge in [-0.3, -0.25) is 0 Å². The molecule has 0 atom stereocenters. The first-order valence-corrected chi connectivity index (χ1v) is 6.85. The van der Waals surface area contributed by atoms with E-state index in [1.165, 1.54) is 18.4 Å². The fraction of sp³-hybridized carbons (Fsp3) is 0.231. The van der Waals surface area contributed by atoms with E-state index in [4.69, 9.17) is 11.6 Å². The molecule has 0 fully saturated rings. The molecule has 100 valence electrons. The lowest BCUT2D eigenvalue weighted by molar-refractivity contribution is 0.0595. The van der Waals surface area contributed by atoms with Crippen LogP contribution in [-0.2, 0) is 11.3 Å². The molecule has 1 aromatic carbocycles. The Morgan fingerprint density at radius 1 is 1.53 bits per heavy atom. The molecule has 0 unspecified atom stereocenters. The number of rotatable bonds is 4. The van der Waals surface area contributed by atoms with Crippen molar-refractivity contribution in [3.63, 3.8) is 0 Å². The number of nitrogens with zero attached hydrogens (tertiary/aromatic N) is 2. The molecule has 0 aliphatic heterocycles. The lowest BCUT2D eigenvalue weighted by atomic mass is 10.2. The predicted molar refractivity (Wildman–Crippen MR) is 77.0 cm³/mol. The summed E-state index contributed by atoms with van der Waals surface area (Å²) in [7, 11) is 3.26. The third-order valence-corrected chi connectivity index (χ3v) is 3.71. The first-order chi connectivity index (χ1) is 9.10. The molecule has 0 bridgehead atoms. The highest BCUT2D eigenvalue weighted by atomic mass is 35.5. The van der Waals surface area contributed by atoms with E-state index in [-0.39, 0.29) is 0 Å². The zero-order valence-electron chi connectivity index (χ0n) is 10.6. The van der Waals surface area contributed by atoms with Crippen LogP contribution in [0.3, 0.4) is 0 Å². The summed E-state index contributed by atoms with van der Waals surface area (Å²) >= 11 is 7.35. The number of esters is 1. The number of ether oxygens (including phenoxy) is 1. The largest absolute Gasteiger partial charge is 0.464 e. The lowest BCUT2D eigenvalue weighted by Gasteiger charge is -2.15. The van der Waals surface area contributed by atoms with Crippen LogP contribution in [0.4, 0.5) is 5.13 Å². The minimum atomic E-state index is -0.418. The number of halogens is 1. The molecule has 4 nitrogen and oxygen atoms in total. The molecule has 0 aliphatic rings. The van der Waals surface area contributed by atoms with E-state index in [0.717, 1.165) is 10.7 Å². The molecule has 0 spiro atoms. The standard InChI is InChI=1S/C13H13ClN2O2S/c1-16(7-9-4-3-5-10(14)6-9)13-15-11(8-19-13)12(17)18-2/h3-6,8H,7H2,1-2H3. The maximum Gasteiger partial charge on any atom is 0.357 e. The highest BCUT2D eigenvalue weighted by molar-refractivity contribution is 7.13. The maximum absolute atomic E-state index is 11.3. The molecule has 1 heterocycles. The predicted octanol–water partition coefficient (Wildman–Crippen LogP) is 3.22. The number of hydrogen-bond acceptors (Lipinski definition) is 5. The van der Waals surface area contributed by atoms with Crippen LogP contribution >= 0.6 is 22.9 Å². The van der Waals surface area contributed by atoms with Crippen LogP contribution in [0.2, 0.25) is 5.02 Å². The molecular formula is C13H13ClN2O2S. The maximum atomic E-state index is 11.3. The van der Waals surface area contributed by atoms with Crippen LogP contribution in [0, 0.1) is 0 Å². The van der Waals surface area contributed by atoms with Gasteiger partial charge in [-0.25, -0.2) is 9.78 Å². The zero-order chi connectivity index (χ0) is 13.8. The second kappa shape index (κ2) is 6.04. The highest BCUT2D eigenvalue weighted by Gasteiger charge is 2.13.